The van der Waals surface area contributed by atoms with Gasteiger partial charge in [-0.3, -0.25) is 0 Å². The number of aliphatic hydroxyl groups excluding tert-OH is 2. The van der Waals surface area contributed by atoms with Gasteiger partial charge in [0, 0.05) is 16.9 Å². The lowest BCUT2D eigenvalue weighted by atomic mass is 9.82. The maximum atomic E-state index is 12.7. The molecule has 0 bridgehead atoms. The first-order valence-electron chi connectivity index (χ1n) is 11.0. The smallest absolute Gasteiger partial charge is 0.340 e. The highest BCUT2D eigenvalue weighted by molar-refractivity contribution is 7.90. The zero-order valence-electron chi connectivity index (χ0n) is 19.4. The van der Waals surface area contributed by atoms with Crippen molar-refractivity contribution in [3.05, 3.63) is 70.1 Å². The average molecular weight is 489 g/mol. The summed E-state index contributed by atoms with van der Waals surface area (Å²) in [6.45, 7) is 7.08. The third-order valence-corrected chi connectivity index (χ3v) is 8.20. The second kappa shape index (κ2) is 8.81. The predicted molar refractivity (Wildman–Crippen MR) is 125 cm³/mol. The van der Waals surface area contributed by atoms with Gasteiger partial charge in [-0.25, -0.2) is 13.2 Å². The second-order valence-electron chi connectivity index (χ2n) is 9.22. The van der Waals surface area contributed by atoms with Crippen LogP contribution in [0.3, 0.4) is 0 Å². The summed E-state index contributed by atoms with van der Waals surface area (Å²) >= 11 is 0. The molecule has 1 unspecified atom stereocenters. The molecule has 1 aliphatic heterocycles. The van der Waals surface area contributed by atoms with E-state index in [-0.39, 0.29) is 22.0 Å². The summed E-state index contributed by atoms with van der Waals surface area (Å²) in [5, 5.41) is 21.4. The minimum atomic E-state index is -3.72. The molecular weight excluding hydrogens is 460 g/mol. The maximum Gasteiger partial charge on any atom is 0.340 e. The van der Waals surface area contributed by atoms with Gasteiger partial charge in [-0.2, -0.15) is 0 Å². The number of sulfone groups is 1. The number of fused-ring (bicyclic) bond motifs is 1. The molecule has 0 saturated carbocycles. The Morgan fingerprint density at radius 3 is 2.41 bits per heavy atom. The van der Waals surface area contributed by atoms with Crippen LogP contribution in [-0.4, -0.2) is 42.7 Å². The van der Waals surface area contributed by atoms with E-state index in [0.29, 0.717) is 16.7 Å². The Hall–Kier alpha value is -2.72. The molecule has 2 aromatic carbocycles. The minimum Gasteiger partial charge on any atom is -0.462 e. The lowest BCUT2D eigenvalue weighted by Gasteiger charge is -2.46. The fraction of sp³-hybridized carbons (Fsp3) is 0.400. The fourth-order valence-corrected chi connectivity index (χ4v) is 5.41. The molecule has 182 valence electrons. The van der Waals surface area contributed by atoms with E-state index < -0.39 is 45.3 Å². The van der Waals surface area contributed by atoms with Crippen molar-refractivity contribution in [2.45, 2.75) is 62.4 Å². The summed E-state index contributed by atoms with van der Waals surface area (Å²) in [6, 6.07) is 12.7. The van der Waals surface area contributed by atoms with Gasteiger partial charge in [-0.1, -0.05) is 25.1 Å². The van der Waals surface area contributed by atoms with Gasteiger partial charge in [0.2, 0.25) is 6.29 Å². The maximum absolute atomic E-state index is 12.7. The van der Waals surface area contributed by atoms with Crippen molar-refractivity contribution in [3.63, 3.8) is 0 Å². The second-order valence-corrected chi connectivity index (χ2v) is 11.2. The molecule has 9 heteroatoms. The van der Waals surface area contributed by atoms with Crippen LogP contribution in [-0.2, 0) is 20.3 Å². The van der Waals surface area contributed by atoms with Crippen LogP contribution in [0.2, 0.25) is 0 Å². The SMILES string of the molecule is Cc1c(OC2OC(C)(C)[C@H](C)[C@H](O)[C@@H]2O)ccc2cc(CS(=O)(=O)c3ccccc3)c(=O)oc12. The van der Waals surface area contributed by atoms with Crippen molar-refractivity contribution in [1.29, 1.82) is 0 Å². The molecule has 3 aromatic rings. The van der Waals surface area contributed by atoms with Crippen molar-refractivity contribution < 1.29 is 32.5 Å². The van der Waals surface area contributed by atoms with Crippen LogP contribution >= 0.6 is 0 Å². The molecule has 8 nitrogen and oxygen atoms in total. The van der Waals surface area contributed by atoms with Crippen LogP contribution in [0, 0.1) is 12.8 Å². The normalized spacial score (nSPS) is 24.8. The molecule has 0 aliphatic carbocycles. The summed E-state index contributed by atoms with van der Waals surface area (Å²) in [5.41, 5.74) is -0.753. The zero-order valence-corrected chi connectivity index (χ0v) is 20.2. The Morgan fingerprint density at radius 2 is 1.74 bits per heavy atom. The standard InChI is InChI=1S/C25H28O8S/c1-14-19(31-24-21(27)20(26)15(2)25(3,4)33-24)11-10-16-12-17(23(28)32-22(14)16)13-34(29,30)18-8-6-5-7-9-18/h5-12,15,20-21,24,26-27H,13H2,1-4H3/t15-,20+,21+,24?/m1/s1. The summed E-state index contributed by atoms with van der Waals surface area (Å²) < 4.78 is 42.7. The van der Waals surface area contributed by atoms with Crippen LogP contribution in [0.1, 0.15) is 31.9 Å². The molecular formula is C25H28O8S. The van der Waals surface area contributed by atoms with Crippen molar-refractivity contribution in [2.24, 2.45) is 5.92 Å². The molecule has 2 N–H and O–H groups in total. The molecule has 1 aliphatic rings. The molecule has 1 fully saturated rings. The Bertz CT molecular complexity index is 1360. The molecule has 0 radical (unpaired) electrons. The molecule has 4 rings (SSSR count). The van der Waals surface area contributed by atoms with Gasteiger partial charge >= 0.3 is 5.63 Å². The van der Waals surface area contributed by atoms with Crippen LogP contribution < -0.4 is 10.4 Å². The van der Waals surface area contributed by atoms with Gasteiger partial charge in [0.05, 0.1) is 27.9 Å². The number of ether oxygens (including phenoxy) is 2. The average Bonchev–Trinajstić information content (AvgIpc) is 2.79. The van der Waals surface area contributed by atoms with Gasteiger partial charge in [-0.15, -0.1) is 0 Å². The van der Waals surface area contributed by atoms with E-state index in [4.69, 9.17) is 13.9 Å². The Kier molecular flexibility index (Phi) is 6.32. The molecule has 1 saturated heterocycles. The van der Waals surface area contributed by atoms with E-state index in [2.05, 4.69) is 0 Å². The Labute approximate surface area is 197 Å². The quantitative estimate of drug-likeness (QED) is 0.526. The zero-order chi connectivity index (χ0) is 24.8. The van der Waals surface area contributed by atoms with E-state index in [0.717, 1.165) is 0 Å². The summed E-state index contributed by atoms with van der Waals surface area (Å²) in [5.74, 6) is -0.495. The largest absolute Gasteiger partial charge is 0.462 e. The molecule has 0 spiro atoms. The van der Waals surface area contributed by atoms with Crippen LogP contribution in [0.5, 0.6) is 5.75 Å². The number of hydrogen-bond donors (Lipinski definition) is 2. The molecule has 0 amide bonds. The predicted octanol–water partition coefficient (Wildman–Crippen LogP) is 2.95. The van der Waals surface area contributed by atoms with Gasteiger partial charge in [-0.05, 0) is 51.1 Å². The highest BCUT2D eigenvalue weighted by Gasteiger charge is 2.47. The third-order valence-electron chi connectivity index (χ3n) is 6.52. The van der Waals surface area contributed by atoms with E-state index >= 15 is 0 Å². The van der Waals surface area contributed by atoms with Crippen molar-refractivity contribution in [1.82, 2.24) is 0 Å². The van der Waals surface area contributed by atoms with Crippen molar-refractivity contribution in [2.75, 3.05) is 0 Å². The summed E-state index contributed by atoms with van der Waals surface area (Å²) in [6.07, 6.45) is -3.43. The minimum absolute atomic E-state index is 0.0225. The lowest BCUT2D eigenvalue weighted by molar-refractivity contribution is -0.285. The molecule has 2 heterocycles. The molecule has 4 atom stereocenters. The number of hydrogen-bond acceptors (Lipinski definition) is 8. The van der Waals surface area contributed by atoms with Crippen molar-refractivity contribution in [3.8, 4) is 5.75 Å². The van der Waals surface area contributed by atoms with Crippen molar-refractivity contribution >= 4 is 20.8 Å². The number of aryl methyl sites for hydroxylation is 1. The fourth-order valence-electron chi connectivity index (χ4n) is 4.06. The van der Waals surface area contributed by atoms with E-state index in [1.807, 2.05) is 0 Å². The van der Waals surface area contributed by atoms with Gasteiger partial charge in [0.15, 0.2) is 9.84 Å². The van der Waals surface area contributed by atoms with E-state index in [1.54, 1.807) is 58.0 Å². The summed E-state index contributed by atoms with van der Waals surface area (Å²) in [4.78, 5) is 12.8. The Balaban J connectivity index is 1.64. The number of aliphatic hydroxyl groups is 2. The first-order chi connectivity index (χ1) is 15.9. The first-order valence-corrected chi connectivity index (χ1v) is 12.6. The van der Waals surface area contributed by atoms with E-state index in [1.165, 1.54) is 18.2 Å². The van der Waals surface area contributed by atoms with Gasteiger partial charge in [0.1, 0.15) is 17.4 Å². The highest BCUT2D eigenvalue weighted by Crippen LogP contribution is 2.36. The molecule has 1 aromatic heterocycles. The topological polar surface area (TPSA) is 123 Å². The number of rotatable bonds is 5. The van der Waals surface area contributed by atoms with Crippen LogP contribution in [0.4, 0.5) is 0 Å². The van der Waals surface area contributed by atoms with Crippen LogP contribution in [0.25, 0.3) is 11.0 Å². The van der Waals surface area contributed by atoms with Gasteiger partial charge in [0.25, 0.3) is 0 Å². The lowest BCUT2D eigenvalue weighted by Crippen LogP contribution is -2.59. The number of benzene rings is 2. The van der Waals surface area contributed by atoms with Gasteiger partial charge < -0.3 is 24.1 Å². The summed E-state index contributed by atoms with van der Waals surface area (Å²) in [7, 11) is -3.72. The molecule has 34 heavy (non-hydrogen) atoms. The Morgan fingerprint density at radius 1 is 1.06 bits per heavy atom. The highest BCUT2D eigenvalue weighted by atomic mass is 32.2. The van der Waals surface area contributed by atoms with Crippen LogP contribution in [0.15, 0.2) is 62.6 Å². The van der Waals surface area contributed by atoms with E-state index in [9.17, 15) is 23.4 Å². The first kappa shape index (κ1) is 24.4. The third kappa shape index (κ3) is 4.48. The monoisotopic (exact) mass is 488 g/mol.